The van der Waals surface area contributed by atoms with Gasteiger partial charge in [0, 0.05) is 28.9 Å². The van der Waals surface area contributed by atoms with E-state index in [9.17, 15) is 4.79 Å². The van der Waals surface area contributed by atoms with E-state index in [1.807, 2.05) is 44.5 Å². The second kappa shape index (κ2) is 5.66. The number of hydrogen-bond donors (Lipinski definition) is 0. The van der Waals surface area contributed by atoms with Gasteiger partial charge in [-0.3, -0.25) is 14.3 Å². The van der Waals surface area contributed by atoms with E-state index < -0.39 is 5.41 Å². The number of rotatable bonds is 1. The summed E-state index contributed by atoms with van der Waals surface area (Å²) < 4.78 is 1.87. The largest absolute Gasteiger partial charge is 0.290 e. The number of aryl methyl sites for hydroxylation is 1. The van der Waals surface area contributed by atoms with Gasteiger partial charge in [0.25, 0.3) is 5.91 Å². The summed E-state index contributed by atoms with van der Waals surface area (Å²) in [6.45, 7) is 7.56. The maximum atomic E-state index is 12.2. The molecule has 0 bridgehead atoms. The maximum absolute atomic E-state index is 12.2. The van der Waals surface area contributed by atoms with Crippen molar-refractivity contribution < 1.29 is 4.79 Å². The molecule has 3 heterocycles. The van der Waals surface area contributed by atoms with Crippen LogP contribution in [0.3, 0.4) is 0 Å². The van der Waals surface area contributed by atoms with Gasteiger partial charge in [0.05, 0.1) is 11.9 Å². The lowest BCUT2D eigenvalue weighted by molar-refractivity contribution is -0.125. The minimum Gasteiger partial charge on any atom is -0.290 e. The molecule has 0 N–H and O–H groups in total. The van der Waals surface area contributed by atoms with Gasteiger partial charge in [0.2, 0.25) is 0 Å². The van der Waals surface area contributed by atoms with Crippen molar-refractivity contribution in [2.45, 2.75) is 27.7 Å². The van der Waals surface area contributed by atoms with E-state index in [1.54, 1.807) is 18.6 Å². The highest BCUT2D eigenvalue weighted by Crippen LogP contribution is 2.16. The minimum atomic E-state index is -0.511. The zero-order valence-electron chi connectivity index (χ0n) is 13.4. The fourth-order valence-electron chi connectivity index (χ4n) is 1.95. The Balaban J connectivity index is 2.16. The topological polar surface area (TPSA) is 73.0 Å². The number of thiazole rings is 1. The number of amides is 1. The summed E-state index contributed by atoms with van der Waals surface area (Å²) in [6, 6.07) is 1.89. The fraction of sp³-hybridized carbons (Fsp3) is 0.312. The van der Waals surface area contributed by atoms with Crippen LogP contribution >= 0.6 is 11.3 Å². The Morgan fingerprint density at radius 1 is 1.22 bits per heavy atom. The van der Waals surface area contributed by atoms with Crippen LogP contribution in [0.5, 0.6) is 0 Å². The molecule has 0 spiro atoms. The van der Waals surface area contributed by atoms with Gasteiger partial charge in [-0.05, 0) is 13.0 Å². The van der Waals surface area contributed by atoms with Crippen LogP contribution in [-0.2, 0) is 4.79 Å². The van der Waals surface area contributed by atoms with Crippen LogP contribution in [0, 0.1) is 12.3 Å². The van der Waals surface area contributed by atoms with E-state index in [4.69, 9.17) is 0 Å². The smallest absolute Gasteiger partial charge is 0.253 e. The summed E-state index contributed by atoms with van der Waals surface area (Å²) in [5.41, 5.74) is 1.59. The monoisotopic (exact) mass is 327 g/mol. The zero-order chi connectivity index (χ0) is 16.6. The highest BCUT2D eigenvalue weighted by molar-refractivity contribution is 7.09. The molecule has 1 amide bonds. The molecular weight excluding hydrogens is 310 g/mol. The van der Waals surface area contributed by atoms with Gasteiger partial charge in [-0.25, -0.2) is 9.97 Å². The first-order valence-corrected chi connectivity index (χ1v) is 8.01. The van der Waals surface area contributed by atoms with Gasteiger partial charge < -0.3 is 0 Å². The molecule has 3 aromatic heterocycles. The molecule has 0 radical (unpaired) electrons. The number of fused-ring (bicyclic) bond motifs is 1. The lowest BCUT2D eigenvalue weighted by Gasteiger charge is -2.11. The van der Waals surface area contributed by atoms with Crippen LogP contribution in [-0.4, -0.2) is 25.4 Å². The first-order chi connectivity index (χ1) is 10.8. The van der Waals surface area contributed by atoms with E-state index in [0.717, 1.165) is 10.6 Å². The molecular formula is C16H17N5OS. The standard InChI is InChI=1S/C16H17N5OS/c1-10-9-21(15(23-10)20-14(22)16(2,3)4)11-7-12-13(19-8-11)18-6-5-17-12/h5-9H,1-4H3. The molecule has 0 saturated heterocycles. The Morgan fingerprint density at radius 3 is 2.70 bits per heavy atom. The van der Waals surface area contributed by atoms with Gasteiger partial charge in [0.15, 0.2) is 10.4 Å². The molecule has 118 valence electrons. The fourth-order valence-corrected chi connectivity index (χ4v) is 2.78. The van der Waals surface area contributed by atoms with Crippen molar-refractivity contribution in [3.05, 3.63) is 40.5 Å². The molecule has 3 rings (SSSR count). The van der Waals surface area contributed by atoms with Crippen LogP contribution in [0.4, 0.5) is 0 Å². The van der Waals surface area contributed by atoms with Crippen LogP contribution in [0.1, 0.15) is 25.6 Å². The Bertz CT molecular complexity index is 949. The molecule has 0 aromatic carbocycles. The molecule has 7 heteroatoms. The van der Waals surface area contributed by atoms with Gasteiger partial charge in [-0.2, -0.15) is 4.99 Å². The van der Waals surface area contributed by atoms with Crippen LogP contribution in [0.25, 0.3) is 16.9 Å². The average Bonchev–Trinajstić information content (AvgIpc) is 2.86. The highest BCUT2D eigenvalue weighted by Gasteiger charge is 2.21. The van der Waals surface area contributed by atoms with E-state index in [0.29, 0.717) is 16.0 Å². The maximum Gasteiger partial charge on any atom is 0.253 e. The van der Waals surface area contributed by atoms with Crippen molar-refractivity contribution in [2.75, 3.05) is 0 Å². The summed E-state index contributed by atoms with van der Waals surface area (Å²) in [6.07, 6.45) is 6.90. The summed E-state index contributed by atoms with van der Waals surface area (Å²) in [7, 11) is 0. The first kappa shape index (κ1) is 15.5. The van der Waals surface area contributed by atoms with Gasteiger partial charge in [0.1, 0.15) is 5.52 Å². The van der Waals surface area contributed by atoms with E-state index in [-0.39, 0.29) is 5.91 Å². The number of carbonyl (C=O) groups excluding carboxylic acids is 1. The number of carbonyl (C=O) groups is 1. The molecule has 0 aliphatic heterocycles. The molecule has 23 heavy (non-hydrogen) atoms. The van der Waals surface area contributed by atoms with Crippen LogP contribution in [0.2, 0.25) is 0 Å². The Labute approximate surface area is 137 Å². The first-order valence-electron chi connectivity index (χ1n) is 7.20. The molecule has 0 atom stereocenters. The second-order valence-electron chi connectivity index (χ2n) is 6.25. The summed E-state index contributed by atoms with van der Waals surface area (Å²) >= 11 is 1.47. The van der Waals surface area contributed by atoms with Crippen LogP contribution in [0.15, 0.2) is 35.8 Å². The van der Waals surface area contributed by atoms with Gasteiger partial charge >= 0.3 is 0 Å². The summed E-state index contributed by atoms with van der Waals surface area (Å²) in [5.74, 6) is -0.151. The van der Waals surface area contributed by atoms with E-state index >= 15 is 0 Å². The molecule has 0 aliphatic rings. The number of aromatic nitrogens is 4. The van der Waals surface area contributed by atoms with Crippen molar-refractivity contribution in [1.29, 1.82) is 0 Å². The second-order valence-corrected chi connectivity index (χ2v) is 7.47. The summed E-state index contributed by atoms with van der Waals surface area (Å²) in [5, 5.41) is 0. The average molecular weight is 327 g/mol. The normalized spacial score (nSPS) is 12.8. The zero-order valence-corrected chi connectivity index (χ0v) is 14.3. The Hall–Kier alpha value is -2.41. The molecule has 0 fully saturated rings. The van der Waals surface area contributed by atoms with Crippen molar-refractivity contribution in [3.8, 4) is 5.69 Å². The highest BCUT2D eigenvalue weighted by atomic mass is 32.1. The quantitative estimate of drug-likeness (QED) is 0.689. The molecule has 3 aromatic rings. The van der Waals surface area contributed by atoms with E-state index in [1.165, 1.54) is 11.3 Å². The predicted octanol–water partition coefficient (Wildman–Crippen LogP) is 2.66. The third kappa shape index (κ3) is 3.19. The van der Waals surface area contributed by atoms with Crippen molar-refractivity contribution in [2.24, 2.45) is 10.4 Å². The van der Waals surface area contributed by atoms with Gasteiger partial charge in [-0.15, -0.1) is 11.3 Å². The number of pyridine rings is 1. The molecule has 6 nitrogen and oxygen atoms in total. The Kier molecular flexibility index (Phi) is 3.81. The number of hydrogen-bond acceptors (Lipinski definition) is 5. The third-order valence-electron chi connectivity index (χ3n) is 3.20. The predicted molar refractivity (Wildman–Crippen MR) is 89.3 cm³/mol. The van der Waals surface area contributed by atoms with E-state index in [2.05, 4.69) is 19.9 Å². The SMILES string of the molecule is Cc1cn(-c2cnc3nccnc3c2)c(=NC(=O)C(C)(C)C)s1. The van der Waals surface area contributed by atoms with Crippen LogP contribution < -0.4 is 4.80 Å². The third-order valence-corrected chi connectivity index (χ3v) is 4.09. The Morgan fingerprint density at radius 2 is 1.96 bits per heavy atom. The lowest BCUT2D eigenvalue weighted by atomic mass is 9.96. The van der Waals surface area contributed by atoms with Crippen molar-refractivity contribution in [3.63, 3.8) is 0 Å². The lowest BCUT2D eigenvalue weighted by Crippen LogP contribution is -2.23. The number of nitrogens with zero attached hydrogens (tertiary/aromatic N) is 5. The van der Waals surface area contributed by atoms with Crippen molar-refractivity contribution >= 4 is 28.4 Å². The molecule has 0 saturated carbocycles. The molecule has 0 aliphatic carbocycles. The van der Waals surface area contributed by atoms with Crippen molar-refractivity contribution in [1.82, 2.24) is 19.5 Å². The summed E-state index contributed by atoms with van der Waals surface area (Å²) in [4.78, 5) is 31.0. The minimum absolute atomic E-state index is 0.151. The van der Waals surface area contributed by atoms with Gasteiger partial charge in [-0.1, -0.05) is 20.8 Å². The molecule has 0 unspecified atom stereocenters.